The number of nitriles is 1. The minimum atomic E-state index is -0.223. The summed E-state index contributed by atoms with van der Waals surface area (Å²) in [6, 6.07) is 9.74. The second-order valence-electron chi connectivity index (χ2n) is 4.95. The van der Waals surface area contributed by atoms with Crippen LogP contribution in [0.15, 0.2) is 24.3 Å². The van der Waals surface area contributed by atoms with Gasteiger partial charge in [0.1, 0.15) is 18.8 Å². The highest BCUT2D eigenvalue weighted by Crippen LogP contribution is 2.12. The Hall–Kier alpha value is -2.06. The average Bonchev–Trinajstić information content (AvgIpc) is 2.53. The normalized spacial score (nSPS) is 10.3. The molecule has 1 rings (SSSR count). The Labute approximate surface area is 132 Å². The predicted molar refractivity (Wildman–Crippen MR) is 86.7 cm³/mol. The molecule has 0 radical (unpaired) electrons. The summed E-state index contributed by atoms with van der Waals surface area (Å²) in [6.07, 6.45) is 0.663. The number of likely N-dealkylation sites (N-methyl/N-ethyl adjacent to an activating group) is 1. The summed E-state index contributed by atoms with van der Waals surface area (Å²) in [7, 11) is 0. The van der Waals surface area contributed by atoms with E-state index in [1.807, 2.05) is 30.3 Å². The first-order valence-corrected chi connectivity index (χ1v) is 7.77. The van der Waals surface area contributed by atoms with Crippen LogP contribution < -0.4 is 10.1 Å². The van der Waals surface area contributed by atoms with Gasteiger partial charge in [0.15, 0.2) is 0 Å². The number of nitrogens with zero attached hydrogens (tertiary/aromatic N) is 2. The highest BCUT2D eigenvalue weighted by atomic mass is 16.5. The van der Waals surface area contributed by atoms with Gasteiger partial charge in [-0.3, -0.25) is 4.79 Å². The predicted octanol–water partition coefficient (Wildman–Crippen LogP) is 1.98. The van der Waals surface area contributed by atoms with Crippen molar-refractivity contribution in [3.63, 3.8) is 0 Å². The summed E-state index contributed by atoms with van der Waals surface area (Å²) in [5, 5.41) is 11.1. The van der Waals surface area contributed by atoms with Crippen molar-refractivity contribution in [1.29, 1.82) is 5.26 Å². The third kappa shape index (κ3) is 7.09. The number of carbonyl (C=O) groups excluding carboxylic acids is 1. The Kier molecular flexibility index (Phi) is 8.70. The maximum Gasteiger partial charge on any atom is 0.234 e. The van der Waals surface area contributed by atoms with E-state index in [4.69, 9.17) is 10.00 Å². The molecule has 0 atom stereocenters. The molecule has 1 N–H and O–H groups in total. The van der Waals surface area contributed by atoms with Gasteiger partial charge in [-0.25, -0.2) is 0 Å². The van der Waals surface area contributed by atoms with Crippen molar-refractivity contribution in [1.82, 2.24) is 10.2 Å². The molecule has 22 heavy (non-hydrogen) atoms. The van der Waals surface area contributed by atoms with E-state index in [1.165, 1.54) is 0 Å². The molecule has 1 aromatic carbocycles. The molecule has 0 fully saturated rings. The van der Waals surface area contributed by atoms with Crippen LogP contribution in [0.5, 0.6) is 5.75 Å². The average molecular weight is 303 g/mol. The summed E-state index contributed by atoms with van der Waals surface area (Å²) in [5.74, 6) is 0.642. The molecule has 0 bridgehead atoms. The van der Waals surface area contributed by atoms with Gasteiger partial charge in [-0.15, -0.1) is 0 Å². The third-order valence-corrected chi connectivity index (χ3v) is 3.47. The molecule has 0 saturated heterocycles. The number of rotatable bonds is 10. The van der Waals surface area contributed by atoms with E-state index in [1.54, 1.807) is 0 Å². The Morgan fingerprint density at radius 2 is 1.95 bits per heavy atom. The molecule has 0 aliphatic rings. The van der Waals surface area contributed by atoms with Crippen LogP contribution in [0.3, 0.4) is 0 Å². The Balaban J connectivity index is 2.28. The quantitative estimate of drug-likeness (QED) is 0.718. The molecule has 1 amide bonds. The topological polar surface area (TPSA) is 65.4 Å². The highest BCUT2D eigenvalue weighted by Gasteiger charge is 2.01. The molecule has 5 nitrogen and oxygen atoms in total. The zero-order chi connectivity index (χ0) is 16.2. The number of carbonyl (C=O) groups is 1. The van der Waals surface area contributed by atoms with Crippen molar-refractivity contribution in [2.75, 3.05) is 32.8 Å². The van der Waals surface area contributed by atoms with Crippen molar-refractivity contribution in [3.8, 4) is 11.8 Å². The highest BCUT2D eigenvalue weighted by molar-refractivity contribution is 5.77. The molecule has 0 aliphatic carbocycles. The number of benzene rings is 1. The molecule has 120 valence electrons. The first-order chi connectivity index (χ1) is 10.7. The zero-order valence-corrected chi connectivity index (χ0v) is 13.5. The summed E-state index contributed by atoms with van der Waals surface area (Å²) < 4.78 is 5.72. The largest absolute Gasteiger partial charge is 0.492 e. The number of amides is 1. The lowest BCUT2D eigenvalue weighted by Crippen LogP contribution is -2.27. The minimum Gasteiger partial charge on any atom is -0.492 e. The van der Waals surface area contributed by atoms with Crippen LogP contribution in [-0.2, 0) is 11.2 Å². The summed E-state index contributed by atoms with van der Waals surface area (Å²) in [5.41, 5.74) is 1.13. The Bertz CT molecular complexity index is 476. The number of ether oxygens (including phenoxy) is 1. The first-order valence-electron chi connectivity index (χ1n) is 7.77. The Morgan fingerprint density at radius 1 is 1.27 bits per heavy atom. The second kappa shape index (κ2) is 10.6. The van der Waals surface area contributed by atoms with Crippen LogP contribution in [0.4, 0.5) is 0 Å². The van der Waals surface area contributed by atoms with Crippen LogP contribution >= 0.6 is 0 Å². The smallest absolute Gasteiger partial charge is 0.234 e. The van der Waals surface area contributed by atoms with E-state index in [-0.39, 0.29) is 12.3 Å². The first kappa shape index (κ1) is 18.0. The number of hydrogen-bond acceptors (Lipinski definition) is 4. The van der Waals surface area contributed by atoms with Gasteiger partial charge in [0, 0.05) is 13.1 Å². The minimum absolute atomic E-state index is 0.0840. The van der Waals surface area contributed by atoms with Crippen molar-refractivity contribution < 1.29 is 9.53 Å². The molecular formula is C17H25N3O2. The summed E-state index contributed by atoms with van der Waals surface area (Å²) >= 11 is 0. The van der Waals surface area contributed by atoms with Gasteiger partial charge in [-0.2, -0.15) is 5.26 Å². The van der Waals surface area contributed by atoms with E-state index in [2.05, 4.69) is 24.1 Å². The lowest BCUT2D eigenvalue weighted by atomic mass is 10.1. The van der Waals surface area contributed by atoms with Gasteiger partial charge in [-0.1, -0.05) is 26.0 Å². The molecule has 5 heteroatoms. The van der Waals surface area contributed by atoms with E-state index in [9.17, 15) is 4.79 Å². The fourth-order valence-electron chi connectivity index (χ4n) is 2.07. The van der Waals surface area contributed by atoms with E-state index in [0.717, 1.165) is 37.4 Å². The molecule has 0 heterocycles. The number of hydrogen-bond donors (Lipinski definition) is 1. The van der Waals surface area contributed by atoms with Crippen molar-refractivity contribution in [3.05, 3.63) is 29.8 Å². The van der Waals surface area contributed by atoms with Crippen LogP contribution in [0, 0.1) is 11.3 Å². The fraction of sp³-hybridized carbons (Fsp3) is 0.529. The van der Waals surface area contributed by atoms with Gasteiger partial charge < -0.3 is 15.0 Å². The SMILES string of the molecule is CCN(CC)CCOc1ccc(CCNC(=O)CC#N)cc1. The molecular weight excluding hydrogens is 278 g/mol. The van der Waals surface area contributed by atoms with E-state index >= 15 is 0 Å². The standard InChI is InChI=1S/C17H25N3O2/c1-3-20(4-2)13-14-22-16-7-5-15(6-8-16)10-12-19-17(21)9-11-18/h5-8H,3-4,9-10,12-14H2,1-2H3,(H,19,21). The summed E-state index contributed by atoms with van der Waals surface area (Å²) in [6.45, 7) is 8.53. The van der Waals surface area contributed by atoms with Gasteiger partial charge in [-0.05, 0) is 37.2 Å². The van der Waals surface area contributed by atoms with E-state index in [0.29, 0.717) is 13.2 Å². The molecule has 0 unspecified atom stereocenters. The van der Waals surface area contributed by atoms with Gasteiger partial charge in [0.05, 0.1) is 6.07 Å². The molecule has 0 saturated carbocycles. The molecule has 1 aromatic rings. The van der Waals surface area contributed by atoms with Gasteiger partial charge >= 0.3 is 0 Å². The van der Waals surface area contributed by atoms with Crippen molar-refractivity contribution >= 4 is 5.91 Å². The Morgan fingerprint density at radius 3 is 2.55 bits per heavy atom. The number of nitrogens with one attached hydrogen (secondary N) is 1. The summed E-state index contributed by atoms with van der Waals surface area (Å²) in [4.78, 5) is 13.5. The molecule has 0 aromatic heterocycles. The zero-order valence-electron chi connectivity index (χ0n) is 13.5. The van der Waals surface area contributed by atoms with Crippen molar-refractivity contribution in [2.24, 2.45) is 0 Å². The molecule has 0 spiro atoms. The maximum absolute atomic E-state index is 11.2. The van der Waals surface area contributed by atoms with Gasteiger partial charge in [0.25, 0.3) is 0 Å². The maximum atomic E-state index is 11.2. The van der Waals surface area contributed by atoms with Crippen LogP contribution in [0.25, 0.3) is 0 Å². The fourth-order valence-corrected chi connectivity index (χ4v) is 2.07. The van der Waals surface area contributed by atoms with E-state index < -0.39 is 0 Å². The van der Waals surface area contributed by atoms with Crippen LogP contribution in [0.2, 0.25) is 0 Å². The second-order valence-corrected chi connectivity index (χ2v) is 4.95. The lowest BCUT2D eigenvalue weighted by molar-refractivity contribution is -0.120. The molecule has 0 aliphatic heterocycles. The van der Waals surface area contributed by atoms with Crippen LogP contribution in [-0.4, -0.2) is 43.6 Å². The lowest BCUT2D eigenvalue weighted by Gasteiger charge is -2.18. The van der Waals surface area contributed by atoms with Gasteiger partial charge in [0.2, 0.25) is 5.91 Å². The van der Waals surface area contributed by atoms with Crippen LogP contribution in [0.1, 0.15) is 25.8 Å². The monoisotopic (exact) mass is 303 g/mol. The van der Waals surface area contributed by atoms with Crippen molar-refractivity contribution in [2.45, 2.75) is 26.7 Å². The third-order valence-electron chi connectivity index (χ3n) is 3.47.